The Balaban J connectivity index is 1.07. The Morgan fingerprint density at radius 3 is 1.72 bits per heavy atom. The van der Waals surface area contributed by atoms with E-state index in [1.54, 1.807) is 11.3 Å². The zero-order chi connectivity index (χ0) is 40.1. The topological polar surface area (TPSA) is 47.9 Å². The Labute approximate surface area is 356 Å². The van der Waals surface area contributed by atoms with Gasteiger partial charge in [-0.3, -0.25) is 0 Å². The highest BCUT2D eigenvalue weighted by atomic mass is 32.1. The average molecular weight is 796 g/mol. The van der Waals surface area contributed by atoms with Crippen molar-refractivity contribution in [3.05, 3.63) is 222 Å². The van der Waals surface area contributed by atoms with Crippen molar-refractivity contribution in [2.24, 2.45) is 0 Å². The van der Waals surface area contributed by atoms with E-state index >= 15 is 0 Å². The molecular weight excluding hydrogens is 763 g/mol. The molecule has 0 N–H and O–H groups in total. The monoisotopic (exact) mass is 795 g/mol. The van der Waals surface area contributed by atoms with Gasteiger partial charge in [0.2, 0.25) is 0 Å². The van der Waals surface area contributed by atoms with Crippen LogP contribution < -0.4 is 4.74 Å². The van der Waals surface area contributed by atoms with Gasteiger partial charge in [-0.15, -0.1) is 11.3 Å². The number of hydrogen-bond donors (Lipinski definition) is 0. The number of rotatable bonds is 4. The van der Waals surface area contributed by atoms with Crippen molar-refractivity contribution >= 4 is 42.3 Å². The molecule has 1 aliphatic carbocycles. The van der Waals surface area contributed by atoms with E-state index in [0.717, 1.165) is 60.7 Å². The number of hydrogen-bond acceptors (Lipinski definition) is 5. The maximum absolute atomic E-state index is 6.59. The van der Waals surface area contributed by atoms with E-state index in [0.29, 0.717) is 17.5 Å². The van der Waals surface area contributed by atoms with Gasteiger partial charge in [-0.1, -0.05) is 170 Å². The summed E-state index contributed by atoms with van der Waals surface area (Å²) in [6.07, 6.45) is 0. The van der Waals surface area contributed by atoms with Gasteiger partial charge in [-0.05, 0) is 74.5 Å². The molecule has 2 aromatic heterocycles. The van der Waals surface area contributed by atoms with E-state index in [-0.39, 0.29) is 0 Å². The highest BCUT2D eigenvalue weighted by Crippen LogP contribution is 2.62. The molecule has 0 saturated heterocycles. The van der Waals surface area contributed by atoms with Gasteiger partial charge in [0.25, 0.3) is 0 Å². The molecule has 1 aliphatic heterocycles. The van der Waals surface area contributed by atoms with Gasteiger partial charge in [0.15, 0.2) is 17.5 Å². The molecule has 1 spiro atoms. The minimum Gasteiger partial charge on any atom is -0.457 e. The molecule has 11 aromatic rings. The molecule has 0 atom stereocenters. The first-order valence-corrected chi connectivity index (χ1v) is 21.4. The first-order chi connectivity index (χ1) is 30.2. The van der Waals surface area contributed by atoms with Crippen LogP contribution in [0.25, 0.3) is 87.4 Å². The predicted molar refractivity (Wildman–Crippen MR) is 249 cm³/mol. The Hall–Kier alpha value is -7.73. The summed E-state index contributed by atoms with van der Waals surface area (Å²) in [6.45, 7) is 0. The molecule has 61 heavy (non-hydrogen) atoms. The number of fused-ring (bicyclic) bond motifs is 13. The van der Waals surface area contributed by atoms with Crippen molar-refractivity contribution in [2.45, 2.75) is 5.41 Å². The Morgan fingerprint density at radius 1 is 0.361 bits per heavy atom. The van der Waals surface area contributed by atoms with Crippen LogP contribution >= 0.6 is 11.3 Å². The van der Waals surface area contributed by atoms with Crippen LogP contribution in [0.2, 0.25) is 0 Å². The Kier molecular flexibility index (Phi) is 7.36. The van der Waals surface area contributed by atoms with Gasteiger partial charge >= 0.3 is 0 Å². The molecule has 0 fully saturated rings. The zero-order valence-corrected chi connectivity index (χ0v) is 33.5. The van der Waals surface area contributed by atoms with Crippen molar-refractivity contribution in [3.8, 4) is 67.9 Å². The van der Waals surface area contributed by atoms with Crippen LogP contribution in [0.15, 0.2) is 200 Å². The van der Waals surface area contributed by atoms with E-state index in [4.69, 9.17) is 19.7 Å². The summed E-state index contributed by atoms with van der Waals surface area (Å²) in [5.74, 6) is 3.65. The van der Waals surface area contributed by atoms with Crippen LogP contribution in [0.5, 0.6) is 11.5 Å². The van der Waals surface area contributed by atoms with Crippen molar-refractivity contribution in [2.75, 3.05) is 0 Å². The summed E-state index contributed by atoms with van der Waals surface area (Å²) in [5, 5.41) is 4.82. The molecule has 2 aliphatic rings. The third-order valence-electron chi connectivity index (χ3n) is 12.6. The molecule has 0 amide bonds. The summed E-state index contributed by atoms with van der Waals surface area (Å²) < 4.78 is 8.99. The molecule has 0 bridgehead atoms. The molecule has 9 aromatic carbocycles. The number of ether oxygens (including phenoxy) is 1. The predicted octanol–water partition coefficient (Wildman–Crippen LogP) is 14.5. The zero-order valence-electron chi connectivity index (χ0n) is 32.7. The van der Waals surface area contributed by atoms with Gasteiger partial charge in [0, 0.05) is 48.0 Å². The fourth-order valence-corrected chi connectivity index (χ4v) is 11.3. The molecule has 4 nitrogen and oxygen atoms in total. The van der Waals surface area contributed by atoms with Crippen LogP contribution in [0.4, 0.5) is 0 Å². The molecule has 0 unspecified atom stereocenters. The molecule has 3 heterocycles. The highest BCUT2D eigenvalue weighted by Gasteiger charge is 2.51. The fraction of sp³-hybridized carbons (Fsp3) is 0.0179. The summed E-state index contributed by atoms with van der Waals surface area (Å²) in [4.78, 5) is 16.2. The smallest absolute Gasteiger partial charge is 0.165 e. The van der Waals surface area contributed by atoms with Gasteiger partial charge in [0.1, 0.15) is 11.5 Å². The van der Waals surface area contributed by atoms with E-state index in [2.05, 4.69) is 200 Å². The maximum atomic E-state index is 6.59. The Bertz CT molecular complexity index is 3550. The number of para-hydroxylation sites is 2. The van der Waals surface area contributed by atoms with Crippen LogP contribution in [0, 0.1) is 0 Å². The molecule has 0 saturated carbocycles. The largest absolute Gasteiger partial charge is 0.457 e. The van der Waals surface area contributed by atoms with Crippen molar-refractivity contribution in [1.29, 1.82) is 0 Å². The van der Waals surface area contributed by atoms with E-state index in [1.165, 1.54) is 42.9 Å². The first kappa shape index (κ1) is 34.2. The molecule has 5 heteroatoms. The van der Waals surface area contributed by atoms with Gasteiger partial charge < -0.3 is 4.74 Å². The lowest BCUT2D eigenvalue weighted by Crippen LogP contribution is -2.32. The highest BCUT2D eigenvalue weighted by molar-refractivity contribution is 7.26. The van der Waals surface area contributed by atoms with Crippen LogP contribution in [0.3, 0.4) is 0 Å². The van der Waals surface area contributed by atoms with E-state index in [1.807, 2.05) is 0 Å². The second kappa shape index (κ2) is 13.1. The normalized spacial score (nSPS) is 13.2. The van der Waals surface area contributed by atoms with E-state index < -0.39 is 5.41 Å². The number of aromatic nitrogens is 3. The van der Waals surface area contributed by atoms with E-state index in [9.17, 15) is 0 Å². The lowest BCUT2D eigenvalue weighted by atomic mass is 9.66. The number of benzene rings is 9. The quantitative estimate of drug-likeness (QED) is 0.178. The number of nitrogens with zero attached hydrogens (tertiary/aromatic N) is 3. The van der Waals surface area contributed by atoms with Gasteiger partial charge in [-0.2, -0.15) is 0 Å². The first-order valence-electron chi connectivity index (χ1n) is 20.6. The van der Waals surface area contributed by atoms with Crippen LogP contribution in [-0.4, -0.2) is 15.0 Å². The van der Waals surface area contributed by atoms with Gasteiger partial charge in [0.05, 0.1) is 5.41 Å². The second-order valence-corrected chi connectivity index (χ2v) is 16.9. The maximum Gasteiger partial charge on any atom is 0.165 e. The molecular formula is C56H33N3OS. The van der Waals surface area contributed by atoms with Crippen molar-refractivity contribution < 1.29 is 4.74 Å². The van der Waals surface area contributed by atoms with Crippen molar-refractivity contribution in [1.82, 2.24) is 15.0 Å². The van der Waals surface area contributed by atoms with Gasteiger partial charge in [-0.25, -0.2) is 15.0 Å². The third kappa shape index (κ3) is 4.96. The summed E-state index contributed by atoms with van der Waals surface area (Å²) in [6, 6.07) is 71.2. The minimum atomic E-state index is -0.556. The lowest BCUT2D eigenvalue weighted by molar-refractivity contribution is 0.436. The third-order valence-corrected chi connectivity index (χ3v) is 13.9. The standard InChI is InChI=1S/C56H33N3OS/c1-2-17-36-34(15-1)16-13-22-37(36)38-18-3-4-21-42(38)54-57-53(58-55(59-54)43-24-14-23-41-40-20-6-12-30-51(40)61-52(41)43)35-31-32-46-44(33-35)39-19-5-7-25-45(39)56(46)47-26-8-10-28-49(47)60-50-29-11-9-27-48(50)56/h1-33H. The SMILES string of the molecule is c1ccc2c(c1)Oc1ccccc1C21c2ccccc2-c2cc(-c3nc(-c4ccccc4-c4cccc5ccccc45)nc(-c4cccc5c4sc4ccccc45)n3)ccc21. The van der Waals surface area contributed by atoms with Crippen molar-refractivity contribution in [3.63, 3.8) is 0 Å². The molecule has 13 rings (SSSR count). The molecule has 284 valence electrons. The summed E-state index contributed by atoms with van der Waals surface area (Å²) in [5.41, 5.74) is 11.6. The second-order valence-electron chi connectivity index (χ2n) is 15.8. The van der Waals surface area contributed by atoms with Crippen LogP contribution in [-0.2, 0) is 5.41 Å². The molecule has 0 radical (unpaired) electrons. The fourth-order valence-electron chi connectivity index (χ4n) is 10.0. The van der Waals surface area contributed by atoms with Crippen LogP contribution in [0.1, 0.15) is 22.3 Å². The summed E-state index contributed by atoms with van der Waals surface area (Å²) in [7, 11) is 0. The Morgan fingerprint density at radius 2 is 0.902 bits per heavy atom. The number of thiophene rings is 1. The average Bonchev–Trinajstić information content (AvgIpc) is 3.85. The lowest BCUT2D eigenvalue weighted by Gasteiger charge is -2.39. The minimum absolute atomic E-state index is 0.556. The summed E-state index contributed by atoms with van der Waals surface area (Å²) >= 11 is 1.79.